The van der Waals surface area contributed by atoms with Gasteiger partial charge in [0.25, 0.3) is 0 Å². The molecule has 0 saturated heterocycles. The van der Waals surface area contributed by atoms with E-state index in [0.717, 1.165) is 11.3 Å². The van der Waals surface area contributed by atoms with Gasteiger partial charge in [-0.2, -0.15) is 0 Å². The Kier molecular flexibility index (Phi) is 4.52. The molecule has 0 spiro atoms. The van der Waals surface area contributed by atoms with E-state index < -0.39 is 4.84 Å². The van der Waals surface area contributed by atoms with E-state index in [-0.39, 0.29) is 6.10 Å². The van der Waals surface area contributed by atoms with Gasteiger partial charge in [0.15, 0.2) is 0 Å². The van der Waals surface area contributed by atoms with Crippen molar-refractivity contribution < 1.29 is 9.47 Å². The number of ether oxygens (including phenoxy) is 2. The zero-order valence-corrected chi connectivity index (χ0v) is 9.55. The monoisotopic (exact) mass is 234 g/mol. The van der Waals surface area contributed by atoms with Crippen LogP contribution in [0.4, 0.5) is 0 Å². The van der Waals surface area contributed by atoms with Crippen molar-refractivity contribution >= 4 is 23.2 Å². The Morgan fingerprint density at radius 3 is 2.43 bits per heavy atom. The minimum absolute atomic E-state index is 0.326. The van der Waals surface area contributed by atoms with Gasteiger partial charge in [0.05, 0.1) is 7.11 Å². The zero-order chi connectivity index (χ0) is 10.6. The predicted molar refractivity (Wildman–Crippen MR) is 58.2 cm³/mol. The maximum absolute atomic E-state index is 5.77. The summed E-state index contributed by atoms with van der Waals surface area (Å²) in [6.45, 7) is 0. The van der Waals surface area contributed by atoms with Crippen molar-refractivity contribution in [2.45, 2.75) is 10.9 Å². The van der Waals surface area contributed by atoms with Crippen molar-refractivity contribution in [1.29, 1.82) is 0 Å². The standard InChI is InChI=1S/C10H12Cl2O2/c1-13-8-5-3-4-7(6-8)9(14-2)10(11)12/h3-6,9-10H,1-2H3. The lowest BCUT2D eigenvalue weighted by Gasteiger charge is -2.16. The first kappa shape index (κ1) is 11.6. The largest absolute Gasteiger partial charge is 0.497 e. The Morgan fingerprint density at radius 2 is 1.93 bits per heavy atom. The highest BCUT2D eigenvalue weighted by molar-refractivity contribution is 6.44. The second-order valence-corrected chi connectivity index (χ2v) is 3.93. The average Bonchev–Trinajstić information content (AvgIpc) is 2.19. The Hall–Kier alpha value is -0.440. The molecule has 0 N–H and O–H groups in total. The molecule has 0 saturated carbocycles. The minimum atomic E-state index is -0.591. The molecule has 1 aromatic rings. The first-order valence-electron chi connectivity index (χ1n) is 4.14. The Bertz CT molecular complexity index is 289. The van der Waals surface area contributed by atoms with Gasteiger partial charge in [0, 0.05) is 7.11 Å². The van der Waals surface area contributed by atoms with Crippen molar-refractivity contribution in [3.05, 3.63) is 29.8 Å². The lowest BCUT2D eigenvalue weighted by molar-refractivity contribution is 0.114. The molecule has 0 aliphatic carbocycles. The highest BCUT2D eigenvalue weighted by Crippen LogP contribution is 2.29. The summed E-state index contributed by atoms with van der Waals surface area (Å²) in [4.78, 5) is -0.591. The lowest BCUT2D eigenvalue weighted by Crippen LogP contribution is -2.09. The van der Waals surface area contributed by atoms with Crippen LogP contribution in [0.5, 0.6) is 5.75 Å². The molecule has 1 aromatic carbocycles. The van der Waals surface area contributed by atoms with Crippen molar-refractivity contribution in [1.82, 2.24) is 0 Å². The van der Waals surface area contributed by atoms with Gasteiger partial charge in [-0.05, 0) is 17.7 Å². The molecule has 0 heterocycles. The van der Waals surface area contributed by atoms with E-state index in [0.29, 0.717) is 0 Å². The fourth-order valence-corrected chi connectivity index (χ4v) is 1.70. The number of halogens is 2. The van der Waals surface area contributed by atoms with E-state index in [1.54, 1.807) is 14.2 Å². The SMILES string of the molecule is COc1cccc(C(OC)C(Cl)Cl)c1. The summed E-state index contributed by atoms with van der Waals surface area (Å²) in [6, 6.07) is 7.48. The summed E-state index contributed by atoms with van der Waals surface area (Å²) in [6.07, 6.45) is -0.326. The molecule has 1 unspecified atom stereocenters. The molecule has 0 aliphatic heterocycles. The number of hydrogen-bond donors (Lipinski definition) is 0. The zero-order valence-electron chi connectivity index (χ0n) is 8.04. The van der Waals surface area contributed by atoms with Crippen LogP contribution < -0.4 is 4.74 Å². The van der Waals surface area contributed by atoms with Crippen LogP contribution in [0.3, 0.4) is 0 Å². The lowest BCUT2D eigenvalue weighted by atomic mass is 10.1. The van der Waals surface area contributed by atoms with Gasteiger partial charge in [0.1, 0.15) is 16.7 Å². The van der Waals surface area contributed by atoms with Gasteiger partial charge in [-0.3, -0.25) is 0 Å². The predicted octanol–water partition coefficient (Wildman–Crippen LogP) is 3.19. The third kappa shape index (κ3) is 2.77. The van der Waals surface area contributed by atoms with Crippen molar-refractivity contribution in [2.75, 3.05) is 14.2 Å². The Balaban J connectivity index is 2.92. The smallest absolute Gasteiger partial charge is 0.138 e. The van der Waals surface area contributed by atoms with Gasteiger partial charge in [-0.15, -0.1) is 23.2 Å². The average molecular weight is 235 g/mol. The maximum Gasteiger partial charge on any atom is 0.138 e. The molecule has 2 nitrogen and oxygen atoms in total. The van der Waals surface area contributed by atoms with Crippen LogP contribution in [0.1, 0.15) is 11.7 Å². The van der Waals surface area contributed by atoms with E-state index in [9.17, 15) is 0 Å². The Morgan fingerprint density at radius 1 is 1.21 bits per heavy atom. The second kappa shape index (κ2) is 5.44. The van der Waals surface area contributed by atoms with Gasteiger partial charge in [-0.25, -0.2) is 0 Å². The molecule has 0 aromatic heterocycles. The molecule has 1 rings (SSSR count). The summed E-state index contributed by atoms with van der Waals surface area (Å²) in [5.41, 5.74) is 0.904. The molecule has 0 bridgehead atoms. The third-order valence-corrected chi connectivity index (χ3v) is 2.36. The fraction of sp³-hybridized carbons (Fsp3) is 0.400. The van der Waals surface area contributed by atoms with E-state index >= 15 is 0 Å². The van der Waals surface area contributed by atoms with Crippen LogP contribution >= 0.6 is 23.2 Å². The van der Waals surface area contributed by atoms with Gasteiger partial charge in [-0.1, -0.05) is 12.1 Å². The van der Waals surface area contributed by atoms with Crippen LogP contribution in [-0.4, -0.2) is 19.1 Å². The van der Waals surface area contributed by atoms with E-state index in [1.165, 1.54) is 0 Å². The van der Waals surface area contributed by atoms with Crippen molar-refractivity contribution in [2.24, 2.45) is 0 Å². The van der Waals surface area contributed by atoms with Crippen molar-refractivity contribution in [3.8, 4) is 5.75 Å². The molecule has 1 atom stereocenters. The molecule has 0 fully saturated rings. The quantitative estimate of drug-likeness (QED) is 0.746. The molecular formula is C10H12Cl2O2. The van der Waals surface area contributed by atoms with E-state index in [4.69, 9.17) is 32.7 Å². The first-order chi connectivity index (χ1) is 6.69. The van der Waals surface area contributed by atoms with Crippen LogP contribution in [0.25, 0.3) is 0 Å². The summed E-state index contributed by atoms with van der Waals surface area (Å²) in [5.74, 6) is 0.763. The van der Waals surface area contributed by atoms with Crippen LogP contribution in [0, 0.1) is 0 Å². The van der Waals surface area contributed by atoms with Crippen LogP contribution in [0.15, 0.2) is 24.3 Å². The third-order valence-electron chi connectivity index (χ3n) is 1.91. The van der Waals surface area contributed by atoms with E-state index in [1.807, 2.05) is 24.3 Å². The number of benzene rings is 1. The fourth-order valence-electron chi connectivity index (χ4n) is 1.20. The molecule has 4 heteroatoms. The number of alkyl halides is 2. The molecule has 78 valence electrons. The van der Waals surface area contributed by atoms with Gasteiger partial charge in [0.2, 0.25) is 0 Å². The van der Waals surface area contributed by atoms with E-state index in [2.05, 4.69) is 0 Å². The van der Waals surface area contributed by atoms with Crippen molar-refractivity contribution in [3.63, 3.8) is 0 Å². The van der Waals surface area contributed by atoms with Crippen LogP contribution in [0.2, 0.25) is 0 Å². The normalized spacial score (nSPS) is 12.9. The summed E-state index contributed by atoms with van der Waals surface area (Å²) >= 11 is 11.5. The van der Waals surface area contributed by atoms with Gasteiger partial charge >= 0.3 is 0 Å². The maximum atomic E-state index is 5.77. The highest BCUT2D eigenvalue weighted by Gasteiger charge is 2.18. The molecule has 14 heavy (non-hydrogen) atoms. The topological polar surface area (TPSA) is 18.5 Å². The van der Waals surface area contributed by atoms with Gasteiger partial charge < -0.3 is 9.47 Å². The second-order valence-electron chi connectivity index (χ2n) is 2.77. The summed E-state index contributed by atoms with van der Waals surface area (Å²) < 4.78 is 10.3. The molecular weight excluding hydrogens is 223 g/mol. The van der Waals surface area contributed by atoms with Crippen LogP contribution in [-0.2, 0) is 4.74 Å². The highest BCUT2D eigenvalue weighted by atomic mass is 35.5. The molecule has 0 amide bonds. The minimum Gasteiger partial charge on any atom is -0.497 e. The molecule has 0 aliphatic rings. The summed E-state index contributed by atoms with van der Waals surface area (Å²) in [7, 11) is 3.18. The Labute approximate surface area is 93.7 Å². The number of rotatable bonds is 4. The summed E-state index contributed by atoms with van der Waals surface area (Å²) in [5, 5.41) is 0. The number of hydrogen-bond acceptors (Lipinski definition) is 2. The molecule has 0 radical (unpaired) electrons. The first-order valence-corrected chi connectivity index (χ1v) is 5.01. The number of methoxy groups -OCH3 is 2.